The number of para-hydroxylation sites is 1. The van der Waals surface area contributed by atoms with E-state index in [2.05, 4.69) is 17.0 Å². The molecule has 1 aliphatic rings. The van der Waals surface area contributed by atoms with Crippen molar-refractivity contribution in [3.8, 4) is 5.75 Å². The number of nitro groups is 1. The minimum atomic E-state index is -3.83. The number of anilines is 1. The first kappa shape index (κ1) is 22.0. The highest BCUT2D eigenvalue weighted by Crippen LogP contribution is 2.30. The number of nitro benzene ring substituents is 1. The molecular formula is C21H27N3O5S. The maximum atomic E-state index is 12.8. The first-order valence-electron chi connectivity index (χ1n) is 9.96. The molecule has 0 atom stereocenters. The van der Waals surface area contributed by atoms with Crippen LogP contribution in [0.25, 0.3) is 0 Å². The van der Waals surface area contributed by atoms with Crippen LogP contribution in [-0.4, -0.2) is 26.5 Å². The molecule has 0 unspecified atom stereocenters. The number of ether oxygens (including phenoxy) is 1. The average molecular weight is 434 g/mol. The van der Waals surface area contributed by atoms with Gasteiger partial charge in [-0.25, -0.2) is 13.1 Å². The summed E-state index contributed by atoms with van der Waals surface area (Å²) in [6.07, 6.45) is 3.50. The molecule has 1 fully saturated rings. The fourth-order valence-corrected chi connectivity index (χ4v) is 5.01. The van der Waals surface area contributed by atoms with E-state index < -0.39 is 14.9 Å². The van der Waals surface area contributed by atoms with Crippen molar-refractivity contribution in [3.05, 3.63) is 58.1 Å². The highest BCUT2D eigenvalue weighted by molar-refractivity contribution is 7.89. The first-order chi connectivity index (χ1) is 14.3. The molecule has 9 heteroatoms. The van der Waals surface area contributed by atoms with Crippen molar-refractivity contribution in [1.29, 1.82) is 0 Å². The summed E-state index contributed by atoms with van der Waals surface area (Å²) in [4.78, 5) is 10.9. The summed E-state index contributed by atoms with van der Waals surface area (Å²) >= 11 is 0. The molecule has 2 aromatic carbocycles. The quantitative estimate of drug-likeness (QED) is 0.479. The van der Waals surface area contributed by atoms with Crippen LogP contribution in [0.2, 0.25) is 0 Å². The Kier molecular flexibility index (Phi) is 6.94. The number of hydrogen-bond acceptors (Lipinski definition) is 6. The average Bonchev–Trinajstić information content (AvgIpc) is 2.73. The van der Waals surface area contributed by atoms with Gasteiger partial charge in [0.2, 0.25) is 10.0 Å². The molecule has 0 heterocycles. The molecule has 1 saturated carbocycles. The Morgan fingerprint density at radius 1 is 1.13 bits per heavy atom. The number of nitrogens with zero attached hydrogens (tertiary/aromatic N) is 1. The molecule has 8 nitrogen and oxygen atoms in total. The molecular weight excluding hydrogens is 406 g/mol. The molecule has 0 bridgehead atoms. The van der Waals surface area contributed by atoms with E-state index in [9.17, 15) is 18.5 Å². The lowest BCUT2D eigenvalue weighted by atomic mass is 9.88. The number of rotatable bonds is 8. The van der Waals surface area contributed by atoms with Crippen LogP contribution in [0.3, 0.4) is 0 Å². The molecule has 0 saturated heterocycles. The third kappa shape index (κ3) is 5.28. The van der Waals surface area contributed by atoms with Crippen molar-refractivity contribution in [2.24, 2.45) is 5.92 Å². The van der Waals surface area contributed by atoms with E-state index >= 15 is 0 Å². The van der Waals surface area contributed by atoms with Gasteiger partial charge in [-0.15, -0.1) is 0 Å². The van der Waals surface area contributed by atoms with Gasteiger partial charge < -0.3 is 10.1 Å². The van der Waals surface area contributed by atoms with Crippen LogP contribution < -0.4 is 14.8 Å². The fraction of sp³-hybridized carbons (Fsp3) is 0.429. The lowest BCUT2D eigenvalue weighted by Crippen LogP contribution is -2.37. The standard InChI is InChI=1S/C21H27N3O5S/c1-15-7-9-17(10-8-15)23-30(27,28)18-11-12-19(20(13-18)24(25)26)22-14-16-5-3-4-6-21(16)29-2/h3-6,11-13,15,17,22-23H,7-10,14H2,1-2H3. The summed E-state index contributed by atoms with van der Waals surface area (Å²) in [5.74, 6) is 1.26. The largest absolute Gasteiger partial charge is 0.496 e. The van der Waals surface area contributed by atoms with Gasteiger partial charge in [-0.05, 0) is 49.8 Å². The number of sulfonamides is 1. The molecule has 0 radical (unpaired) electrons. The lowest BCUT2D eigenvalue weighted by molar-refractivity contribution is -0.384. The minimum absolute atomic E-state index is 0.101. The highest BCUT2D eigenvalue weighted by atomic mass is 32.2. The van der Waals surface area contributed by atoms with Crippen molar-refractivity contribution in [3.63, 3.8) is 0 Å². The third-order valence-electron chi connectivity index (χ3n) is 5.48. The van der Waals surface area contributed by atoms with Gasteiger partial charge in [0.05, 0.1) is 16.9 Å². The van der Waals surface area contributed by atoms with Crippen LogP contribution >= 0.6 is 0 Å². The van der Waals surface area contributed by atoms with Crippen molar-refractivity contribution in [2.75, 3.05) is 12.4 Å². The minimum Gasteiger partial charge on any atom is -0.496 e. The van der Waals surface area contributed by atoms with E-state index in [4.69, 9.17) is 4.74 Å². The van der Waals surface area contributed by atoms with Gasteiger partial charge in [-0.2, -0.15) is 0 Å². The van der Waals surface area contributed by atoms with Crippen LogP contribution in [-0.2, 0) is 16.6 Å². The van der Waals surface area contributed by atoms with E-state index in [1.165, 1.54) is 12.1 Å². The number of hydrogen-bond donors (Lipinski definition) is 2. The molecule has 2 N–H and O–H groups in total. The van der Waals surface area contributed by atoms with Crippen LogP contribution in [0.15, 0.2) is 47.4 Å². The van der Waals surface area contributed by atoms with Gasteiger partial charge in [-0.1, -0.05) is 25.1 Å². The molecule has 0 amide bonds. The van der Waals surface area contributed by atoms with Crippen molar-refractivity contribution in [1.82, 2.24) is 4.72 Å². The first-order valence-corrected chi connectivity index (χ1v) is 11.4. The summed E-state index contributed by atoms with van der Waals surface area (Å²) in [5.41, 5.74) is 0.792. The normalized spacial score (nSPS) is 19.3. The molecule has 30 heavy (non-hydrogen) atoms. The molecule has 2 aromatic rings. The Balaban J connectivity index is 1.78. The predicted molar refractivity (Wildman–Crippen MR) is 115 cm³/mol. The second-order valence-electron chi connectivity index (χ2n) is 7.68. The second kappa shape index (κ2) is 9.44. The van der Waals surface area contributed by atoms with Gasteiger partial charge in [0, 0.05) is 24.2 Å². The monoisotopic (exact) mass is 433 g/mol. The SMILES string of the molecule is COc1ccccc1CNc1ccc(S(=O)(=O)NC2CCC(C)CC2)cc1[N+](=O)[O-]. The topological polar surface area (TPSA) is 111 Å². The van der Waals surface area contributed by atoms with Crippen molar-refractivity contribution in [2.45, 2.75) is 50.1 Å². The van der Waals surface area contributed by atoms with E-state index in [0.717, 1.165) is 37.3 Å². The zero-order chi connectivity index (χ0) is 21.7. The van der Waals surface area contributed by atoms with E-state index in [1.807, 2.05) is 18.2 Å². The summed E-state index contributed by atoms with van der Waals surface area (Å²) < 4.78 is 33.5. The van der Waals surface area contributed by atoms with Gasteiger partial charge in [0.1, 0.15) is 11.4 Å². The molecule has 3 rings (SSSR count). The molecule has 1 aliphatic carbocycles. The van der Waals surface area contributed by atoms with E-state index in [-0.39, 0.29) is 22.3 Å². The van der Waals surface area contributed by atoms with Gasteiger partial charge >= 0.3 is 0 Å². The number of methoxy groups -OCH3 is 1. The van der Waals surface area contributed by atoms with E-state index in [1.54, 1.807) is 13.2 Å². The zero-order valence-electron chi connectivity index (χ0n) is 17.1. The maximum absolute atomic E-state index is 12.8. The van der Waals surface area contributed by atoms with E-state index in [0.29, 0.717) is 18.2 Å². The van der Waals surface area contributed by atoms with Gasteiger partial charge in [-0.3, -0.25) is 10.1 Å². The Hall–Kier alpha value is -2.65. The van der Waals surface area contributed by atoms with Crippen molar-refractivity contribution >= 4 is 21.4 Å². The van der Waals surface area contributed by atoms with Gasteiger partial charge in [0.15, 0.2) is 0 Å². The van der Waals surface area contributed by atoms with Gasteiger partial charge in [0.25, 0.3) is 5.69 Å². The Morgan fingerprint density at radius 3 is 2.50 bits per heavy atom. The summed E-state index contributed by atoms with van der Waals surface area (Å²) in [7, 11) is -2.27. The number of benzene rings is 2. The fourth-order valence-electron chi connectivity index (χ4n) is 3.68. The van der Waals surface area contributed by atoms with Crippen LogP contribution in [0.5, 0.6) is 5.75 Å². The van der Waals surface area contributed by atoms with Crippen molar-refractivity contribution < 1.29 is 18.1 Å². The summed E-state index contributed by atoms with van der Waals surface area (Å²) in [6, 6.07) is 11.2. The number of nitrogens with one attached hydrogen (secondary N) is 2. The molecule has 0 aromatic heterocycles. The molecule has 0 spiro atoms. The highest BCUT2D eigenvalue weighted by Gasteiger charge is 2.26. The third-order valence-corrected chi connectivity index (χ3v) is 6.99. The smallest absolute Gasteiger partial charge is 0.293 e. The predicted octanol–water partition coefficient (Wildman–Crippen LogP) is 4.07. The van der Waals surface area contributed by atoms with Crippen LogP contribution in [0.4, 0.5) is 11.4 Å². The second-order valence-corrected chi connectivity index (χ2v) is 9.39. The Labute approximate surface area is 176 Å². The van der Waals surface area contributed by atoms with Crippen LogP contribution in [0.1, 0.15) is 38.2 Å². The Bertz CT molecular complexity index is 1000. The lowest BCUT2D eigenvalue weighted by Gasteiger charge is -2.26. The Morgan fingerprint density at radius 2 is 1.83 bits per heavy atom. The maximum Gasteiger partial charge on any atom is 0.293 e. The summed E-state index contributed by atoms with van der Waals surface area (Å²) in [6.45, 7) is 2.46. The summed E-state index contributed by atoms with van der Waals surface area (Å²) in [5, 5.41) is 14.6. The van der Waals surface area contributed by atoms with Crippen LogP contribution in [0, 0.1) is 16.0 Å². The zero-order valence-corrected chi connectivity index (χ0v) is 17.9. The molecule has 0 aliphatic heterocycles. The molecule has 162 valence electrons.